The minimum Gasteiger partial charge on any atom is -0.317 e. The highest BCUT2D eigenvalue weighted by Crippen LogP contribution is 2.25. The SMILES string of the molecule is O=C(Nc1c(F)cc(Br)cc1F)c1ccccc1Br. The molecule has 0 aliphatic carbocycles. The van der Waals surface area contributed by atoms with Crippen molar-refractivity contribution in [2.75, 3.05) is 5.32 Å². The maximum atomic E-state index is 13.6. The number of nitrogens with one attached hydrogen (secondary N) is 1. The molecule has 2 aromatic rings. The number of benzene rings is 2. The van der Waals surface area contributed by atoms with Gasteiger partial charge in [0.1, 0.15) is 5.69 Å². The molecule has 0 unspecified atom stereocenters. The van der Waals surface area contributed by atoms with Gasteiger partial charge in [-0.1, -0.05) is 28.1 Å². The second kappa shape index (κ2) is 5.79. The van der Waals surface area contributed by atoms with E-state index in [4.69, 9.17) is 0 Å². The van der Waals surface area contributed by atoms with E-state index < -0.39 is 23.2 Å². The molecule has 6 heteroatoms. The molecule has 19 heavy (non-hydrogen) atoms. The van der Waals surface area contributed by atoms with E-state index in [1.807, 2.05) is 0 Å². The molecular formula is C13H7Br2F2NO. The summed E-state index contributed by atoms with van der Waals surface area (Å²) in [6.07, 6.45) is 0. The maximum absolute atomic E-state index is 13.6. The third-order valence-corrected chi connectivity index (χ3v) is 3.51. The van der Waals surface area contributed by atoms with Gasteiger partial charge in [0, 0.05) is 8.95 Å². The summed E-state index contributed by atoms with van der Waals surface area (Å²) in [5, 5.41) is 2.22. The average molecular weight is 391 g/mol. The molecule has 0 aromatic heterocycles. The van der Waals surface area contributed by atoms with E-state index in [0.29, 0.717) is 10.0 Å². The second-order valence-corrected chi connectivity index (χ2v) is 5.45. The number of halogens is 4. The first kappa shape index (κ1) is 14.1. The van der Waals surface area contributed by atoms with Crippen molar-refractivity contribution in [2.45, 2.75) is 0 Å². The van der Waals surface area contributed by atoms with Crippen LogP contribution in [0.1, 0.15) is 10.4 Å². The molecule has 0 heterocycles. The third-order valence-electron chi connectivity index (χ3n) is 2.36. The van der Waals surface area contributed by atoms with Gasteiger partial charge in [0.05, 0.1) is 5.56 Å². The topological polar surface area (TPSA) is 29.1 Å². The third kappa shape index (κ3) is 3.19. The molecule has 0 saturated carbocycles. The molecule has 0 spiro atoms. The van der Waals surface area contributed by atoms with Gasteiger partial charge in [-0.3, -0.25) is 4.79 Å². The molecule has 1 amide bonds. The van der Waals surface area contributed by atoms with Gasteiger partial charge in [-0.25, -0.2) is 8.78 Å². The Hall–Kier alpha value is -1.27. The minimum absolute atomic E-state index is 0.265. The fourth-order valence-electron chi connectivity index (χ4n) is 1.49. The fourth-order valence-corrected chi connectivity index (χ4v) is 2.35. The second-order valence-electron chi connectivity index (χ2n) is 3.68. The van der Waals surface area contributed by atoms with Crippen molar-refractivity contribution >= 4 is 43.5 Å². The number of carbonyl (C=O) groups excluding carboxylic acids is 1. The van der Waals surface area contributed by atoms with Crippen molar-refractivity contribution in [2.24, 2.45) is 0 Å². The first-order valence-corrected chi connectivity index (χ1v) is 6.78. The summed E-state index contributed by atoms with van der Waals surface area (Å²) >= 11 is 6.17. The summed E-state index contributed by atoms with van der Waals surface area (Å²) in [4.78, 5) is 11.9. The van der Waals surface area contributed by atoms with Gasteiger partial charge in [-0.15, -0.1) is 0 Å². The minimum atomic E-state index is -0.840. The standard InChI is InChI=1S/C13H7Br2F2NO/c14-7-5-10(16)12(11(17)6-7)18-13(19)8-3-1-2-4-9(8)15/h1-6H,(H,18,19). The van der Waals surface area contributed by atoms with Gasteiger partial charge in [-0.05, 0) is 40.2 Å². The molecule has 2 nitrogen and oxygen atoms in total. The Balaban J connectivity index is 2.32. The molecule has 2 rings (SSSR count). The fraction of sp³-hybridized carbons (Fsp3) is 0. The highest BCUT2D eigenvalue weighted by atomic mass is 79.9. The van der Waals surface area contributed by atoms with E-state index in [2.05, 4.69) is 37.2 Å². The van der Waals surface area contributed by atoms with Crippen LogP contribution in [0.25, 0.3) is 0 Å². The van der Waals surface area contributed by atoms with E-state index in [1.54, 1.807) is 24.3 Å². The van der Waals surface area contributed by atoms with E-state index >= 15 is 0 Å². The zero-order valence-corrected chi connectivity index (χ0v) is 12.6. The van der Waals surface area contributed by atoms with E-state index in [-0.39, 0.29) is 4.47 Å². The Morgan fingerprint density at radius 3 is 2.21 bits per heavy atom. The smallest absolute Gasteiger partial charge is 0.256 e. The van der Waals surface area contributed by atoms with Gasteiger partial charge in [0.15, 0.2) is 11.6 Å². The zero-order chi connectivity index (χ0) is 14.0. The van der Waals surface area contributed by atoms with Crippen LogP contribution < -0.4 is 5.32 Å². The van der Waals surface area contributed by atoms with Crippen LogP contribution in [-0.2, 0) is 0 Å². The van der Waals surface area contributed by atoms with Crippen molar-refractivity contribution in [3.05, 3.63) is 62.5 Å². The highest BCUT2D eigenvalue weighted by molar-refractivity contribution is 9.10. The molecule has 2 aromatic carbocycles. The quantitative estimate of drug-likeness (QED) is 0.788. The predicted molar refractivity (Wildman–Crippen MR) is 76.2 cm³/mol. The van der Waals surface area contributed by atoms with Crippen LogP contribution >= 0.6 is 31.9 Å². The largest absolute Gasteiger partial charge is 0.317 e. The lowest BCUT2D eigenvalue weighted by Crippen LogP contribution is -2.14. The van der Waals surface area contributed by atoms with Crippen molar-refractivity contribution in [1.82, 2.24) is 0 Å². The molecule has 0 fully saturated rings. The van der Waals surface area contributed by atoms with Crippen LogP contribution in [0.15, 0.2) is 45.3 Å². The van der Waals surface area contributed by atoms with Crippen LogP contribution in [-0.4, -0.2) is 5.91 Å². The molecule has 0 atom stereocenters. The molecule has 0 bridgehead atoms. The number of carbonyl (C=O) groups is 1. The highest BCUT2D eigenvalue weighted by Gasteiger charge is 2.16. The number of amides is 1. The zero-order valence-electron chi connectivity index (χ0n) is 9.38. The Kier molecular flexibility index (Phi) is 4.31. The lowest BCUT2D eigenvalue weighted by atomic mass is 10.2. The summed E-state index contributed by atoms with van der Waals surface area (Å²) < 4.78 is 28.0. The summed E-state index contributed by atoms with van der Waals surface area (Å²) in [5.74, 6) is -2.27. The molecule has 98 valence electrons. The summed E-state index contributed by atoms with van der Waals surface area (Å²) in [5.41, 5.74) is -0.173. The van der Waals surface area contributed by atoms with Gasteiger partial charge < -0.3 is 5.32 Å². The van der Waals surface area contributed by atoms with Gasteiger partial charge >= 0.3 is 0 Å². The Labute approximate surface area is 125 Å². The molecule has 1 N–H and O–H groups in total. The monoisotopic (exact) mass is 389 g/mol. The van der Waals surface area contributed by atoms with E-state index in [9.17, 15) is 13.6 Å². The first-order chi connectivity index (χ1) is 8.99. The van der Waals surface area contributed by atoms with Crippen LogP contribution in [0.5, 0.6) is 0 Å². The van der Waals surface area contributed by atoms with E-state index in [1.165, 1.54) is 0 Å². The van der Waals surface area contributed by atoms with Crippen LogP contribution in [0, 0.1) is 11.6 Å². The van der Waals surface area contributed by atoms with Gasteiger partial charge in [-0.2, -0.15) is 0 Å². The number of hydrogen-bond donors (Lipinski definition) is 1. The molecule has 0 radical (unpaired) electrons. The molecular weight excluding hydrogens is 384 g/mol. The van der Waals surface area contributed by atoms with Crippen molar-refractivity contribution < 1.29 is 13.6 Å². The Morgan fingerprint density at radius 1 is 1.05 bits per heavy atom. The normalized spacial score (nSPS) is 10.3. The van der Waals surface area contributed by atoms with Crippen LogP contribution in [0.3, 0.4) is 0 Å². The lowest BCUT2D eigenvalue weighted by molar-refractivity contribution is 0.102. The average Bonchev–Trinajstić information content (AvgIpc) is 2.34. The van der Waals surface area contributed by atoms with Crippen molar-refractivity contribution in [3.63, 3.8) is 0 Å². The summed E-state index contributed by atoms with van der Waals surface area (Å²) in [6, 6.07) is 8.78. The number of anilines is 1. The first-order valence-electron chi connectivity index (χ1n) is 5.19. The number of rotatable bonds is 2. The van der Waals surface area contributed by atoms with Gasteiger partial charge in [0.25, 0.3) is 5.91 Å². The van der Waals surface area contributed by atoms with Crippen LogP contribution in [0.4, 0.5) is 14.5 Å². The lowest BCUT2D eigenvalue weighted by Gasteiger charge is -2.09. The molecule has 0 saturated heterocycles. The summed E-state index contributed by atoms with van der Waals surface area (Å²) in [6.45, 7) is 0. The molecule has 0 aliphatic heterocycles. The Morgan fingerprint density at radius 2 is 1.63 bits per heavy atom. The van der Waals surface area contributed by atoms with Gasteiger partial charge in [0.2, 0.25) is 0 Å². The van der Waals surface area contributed by atoms with Crippen molar-refractivity contribution in [3.8, 4) is 0 Å². The summed E-state index contributed by atoms with van der Waals surface area (Å²) in [7, 11) is 0. The number of hydrogen-bond acceptors (Lipinski definition) is 1. The van der Waals surface area contributed by atoms with Crippen LogP contribution in [0.2, 0.25) is 0 Å². The predicted octanol–water partition coefficient (Wildman–Crippen LogP) is 4.74. The Bertz CT molecular complexity index is 623. The van der Waals surface area contributed by atoms with Crippen molar-refractivity contribution in [1.29, 1.82) is 0 Å². The molecule has 0 aliphatic rings. The van der Waals surface area contributed by atoms with E-state index in [0.717, 1.165) is 12.1 Å². The maximum Gasteiger partial charge on any atom is 0.256 e.